The van der Waals surface area contributed by atoms with Crippen LogP contribution < -0.4 is 35.6 Å². The van der Waals surface area contributed by atoms with E-state index in [4.69, 9.17) is 18.9 Å². The maximum absolute atomic E-state index is 13.8. The van der Waals surface area contributed by atoms with E-state index in [1.807, 2.05) is 19.9 Å². The third-order valence-corrected chi connectivity index (χ3v) is 8.56. The second-order valence-electron chi connectivity index (χ2n) is 11.3. The van der Waals surface area contributed by atoms with Crippen molar-refractivity contribution in [1.82, 2.24) is 10.3 Å². The Morgan fingerprint density at radius 3 is 2.37 bits per heavy atom. The summed E-state index contributed by atoms with van der Waals surface area (Å²) >= 11 is 1.16. The minimum absolute atomic E-state index is 0.0962. The Labute approximate surface area is 271 Å². The fourth-order valence-electron chi connectivity index (χ4n) is 5.65. The Bertz CT molecular complexity index is 1700. The van der Waals surface area contributed by atoms with Crippen molar-refractivity contribution in [3.63, 3.8) is 0 Å². The first-order chi connectivity index (χ1) is 21.9. The van der Waals surface area contributed by atoms with Gasteiger partial charge in [0.2, 0.25) is 23.0 Å². The number of thiazole rings is 1. The Hall–Kier alpha value is -4.65. The first-order valence-corrected chi connectivity index (χ1v) is 15.6. The number of carbonyl (C=O) groups excluding carboxylic acids is 3. The van der Waals surface area contributed by atoms with E-state index in [0.717, 1.165) is 22.5 Å². The Balaban J connectivity index is 1.81. The number of methoxy groups -OCH3 is 4. The summed E-state index contributed by atoms with van der Waals surface area (Å²) in [6, 6.07) is 5.54. The maximum Gasteiger partial charge on any atom is 0.357 e. The highest BCUT2D eigenvalue weighted by molar-refractivity contribution is 7.16. The number of carbonyl (C=O) groups is 3. The first kappa shape index (κ1) is 34.2. The Morgan fingerprint density at radius 2 is 1.76 bits per heavy atom. The molecular formula is C33H40N4O8S. The van der Waals surface area contributed by atoms with Gasteiger partial charge in [0.15, 0.2) is 22.3 Å². The normalized spacial score (nSPS) is 14.2. The topological polar surface area (TPSA) is 154 Å². The molecule has 1 heterocycles. The number of amides is 2. The minimum atomic E-state index is -0.807. The number of rotatable bonds is 11. The largest absolute Gasteiger partial charge is 0.493 e. The average Bonchev–Trinajstić information content (AvgIpc) is 3.22. The van der Waals surface area contributed by atoms with E-state index in [9.17, 15) is 19.2 Å². The summed E-state index contributed by atoms with van der Waals surface area (Å²) in [6.07, 6.45) is 1.49. The summed E-state index contributed by atoms with van der Waals surface area (Å²) in [6.45, 7) is 7.10. The number of benzene rings is 1. The molecule has 0 saturated heterocycles. The van der Waals surface area contributed by atoms with Crippen LogP contribution in [0, 0.1) is 12.8 Å². The summed E-state index contributed by atoms with van der Waals surface area (Å²) in [7, 11) is 5.88. The number of fused-ring (bicyclic) bond motifs is 3. The fourth-order valence-corrected chi connectivity index (χ4v) is 6.45. The lowest BCUT2D eigenvalue weighted by Gasteiger charge is -2.20. The number of aryl methyl sites for hydroxylation is 2. The number of hydrogen-bond acceptors (Lipinski definition) is 11. The molecule has 2 aromatic carbocycles. The third-order valence-electron chi connectivity index (χ3n) is 7.67. The zero-order valence-electron chi connectivity index (χ0n) is 27.3. The molecule has 0 aliphatic heterocycles. The second kappa shape index (κ2) is 14.6. The minimum Gasteiger partial charge on any atom is -0.493 e. The maximum atomic E-state index is 13.8. The smallest absolute Gasteiger partial charge is 0.357 e. The van der Waals surface area contributed by atoms with Gasteiger partial charge in [-0.2, -0.15) is 0 Å². The molecule has 246 valence electrons. The molecule has 0 unspecified atom stereocenters. The molecule has 1 aliphatic rings. The summed E-state index contributed by atoms with van der Waals surface area (Å²) in [5.41, 5.74) is 2.87. The lowest BCUT2D eigenvalue weighted by Crippen LogP contribution is -2.37. The van der Waals surface area contributed by atoms with E-state index >= 15 is 0 Å². The van der Waals surface area contributed by atoms with E-state index in [2.05, 4.69) is 20.9 Å². The highest BCUT2D eigenvalue weighted by Gasteiger charge is 2.30. The molecule has 12 nitrogen and oxygen atoms in total. The molecule has 0 saturated carbocycles. The molecule has 0 bridgehead atoms. The monoisotopic (exact) mass is 652 g/mol. The van der Waals surface area contributed by atoms with E-state index in [1.165, 1.54) is 34.3 Å². The molecule has 2 atom stereocenters. The number of ether oxygens (including phenoxy) is 4. The molecular weight excluding hydrogens is 612 g/mol. The first-order valence-electron chi connectivity index (χ1n) is 14.8. The number of esters is 1. The summed E-state index contributed by atoms with van der Waals surface area (Å²) in [5.74, 6) is 0.207. The Kier molecular flexibility index (Phi) is 10.9. The van der Waals surface area contributed by atoms with Gasteiger partial charge in [-0.25, -0.2) is 9.78 Å². The van der Waals surface area contributed by atoms with Gasteiger partial charge >= 0.3 is 5.97 Å². The number of aromatic nitrogens is 1. The van der Waals surface area contributed by atoms with Crippen molar-refractivity contribution in [2.75, 3.05) is 39.1 Å². The van der Waals surface area contributed by atoms with Crippen molar-refractivity contribution in [3.8, 4) is 28.4 Å². The fraction of sp³-hybridized carbons (Fsp3) is 0.424. The van der Waals surface area contributed by atoms with Crippen LogP contribution in [0.15, 0.2) is 29.1 Å². The third kappa shape index (κ3) is 7.25. The molecule has 3 aromatic rings. The van der Waals surface area contributed by atoms with E-state index in [1.54, 1.807) is 26.2 Å². The van der Waals surface area contributed by atoms with Crippen molar-refractivity contribution in [2.24, 2.45) is 5.92 Å². The van der Waals surface area contributed by atoms with Crippen LogP contribution in [0.1, 0.15) is 66.1 Å². The zero-order chi connectivity index (χ0) is 33.7. The average molecular weight is 653 g/mol. The van der Waals surface area contributed by atoms with Crippen LogP contribution in [-0.4, -0.2) is 57.2 Å². The molecule has 46 heavy (non-hydrogen) atoms. The van der Waals surface area contributed by atoms with Gasteiger partial charge < -0.3 is 34.9 Å². The van der Waals surface area contributed by atoms with Crippen molar-refractivity contribution in [1.29, 1.82) is 0 Å². The van der Waals surface area contributed by atoms with Crippen LogP contribution in [-0.2, 0) is 20.7 Å². The quantitative estimate of drug-likeness (QED) is 0.244. The standard InChI is InChI=1S/C33H40N4O8S/c1-16(2)13-24(31(40)37-33-36-28(17(3)46-33)32(41)45-8)35-23-12-10-20-21(15-25(23)39)22(34-18(4)38)11-9-19-14-26(42-5)29(43-6)30(44-7)27(19)20/h10,12,14-16,22,24H,9,11,13H2,1-8H3,(H,34,38)(H,35,39)(H,36,37,40)/t22-,24-/m0/s1. The van der Waals surface area contributed by atoms with Gasteiger partial charge in [0.25, 0.3) is 0 Å². The Morgan fingerprint density at radius 1 is 1.04 bits per heavy atom. The van der Waals surface area contributed by atoms with Crippen molar-refractivity contribution >= 4 is 39.9 Å². The summed E-state index contributed by atoms with van der Waals surface area (Å²) < 4.78 is 21.9. The molecule has 1 aromatic heterocycles. The number of hydrogen-bond donors (Lipinski definition) is 3. The van der Waals surface area contributed by atoms with Crippen molar-refractivity contribution < 1.29 is 33.3 Å². The second-order valence-corrected chi connectivity index (χ2v) is 12.5. The van der Waals surface area contributed by atoms with E-state index < -0.39 is 24.0 Å². The highest BCUT2D eigenvalue weighted by atomic mass is 32.1. The molecule has 0 spiro atoms. The van der Waals surface area contributed by atoms with Crippen LogP contribution in [0.5, 0.6) is 17.2 Å². The van der Waals surface area contributed by atoms with Gasteiger partial charge in [-0.3, -0.25) is 14.4 Å². The molecule has 0 fully saturated rings. The van der Waals surface area contributed by atoms with E-state index in [0.29, 0.717) is 52.5 Å². The van der Waals surface area contributed by atoms with E-state index in [-0.39, 0.29) is 33.8 Å². The van der Waals surface area contributed by atoms with Crippen LogP contribution in [0.4, 0.5) is 10.8 Å². The van der Waals surface area contributed by atoms with Crippen LogP contribution >= 0.6 is 11.3 Å². The number of nitrogens with zero attached hydrogens (tertiary/aromatic N) is 1. The van der Waals surface area contributed by atoms with Gasteiger partial charge in [-0.05, 0) is 67.0 Å². The van der Waals surface area contributed by atoms with Gasteiger partial charge in [0.05, 0.1) is 40.2 Å². The number of nitrogens with one attached hydrogen (secondary N) is 3. The van der Waals surface area contributed by atoms with Gasteiger partial charge in [0.1, 0.15) is 6.04 Å². The SMILES string of the molecule is COC(=O)c1nc(NC(=O)[C@H](CC(C)C)Nc2ccc3c(cc2=O)[C@@H](NC(C)=O)CCc2cc(OC)c(OC)c(OC)c2-3)sc1C. The summed E-state index contributed by atoms with van der Waals surface area (Å²) in [4.78, 5) is 56.5. The van der Waals surface area contributed by atoms with Crippen molar-refractivity contribution in [3.05, 3.63) is 56.2 Å². The van der Waals surface area contributed by atoms with Crippen LogP contribution in [0.3, 0.4) is 0 Å². The van der Waals surface area contributed by atoms with Gasteiger partial charge in [-0.15, -0.1) is 11.3 Å². The predicted octanol–water partition coefficient (Wildman–Crippen LogP) is 4.88. The lowest BCUT2D eigenvalue weighted by atomic mass is 9.95. The molecule has 2 amide bonds. The zero-order valence-corrected chi connectivity index (χ0v) is 28.1. The number of anilines is 2. The van der Waals surface area contributed by atoms with Crippen molar-refractivity contribution in [2.45, 2.75) is 59.0 Å². The summed E-state index contributed by atoms with van der Waals surface area (Å²) in [5, 5.41) is 9.19. The van der Waals surface area contributed by atoms with Gasteiger partial charge in [0, 0.05) is 17.4 Å². The predicted molar refractivity (Wildman–Crippen MR) is 176 cm³/mol. The highest BCUT2D eigenvalue weighted by Crippen LogP contribution is 2.50. The lowest BCUT2D eigenvalue weighted by molar-refractivity contribution is -0.120. The molecule has 1 aliphatic carbocycles. The van der Waals surface area contributed by atoms with Gasteiger partial charge in [-0.1, -0.05) is 19.9 Å². The molecule has 4 rings (SSSR count). The molecule has 13 heteroatoms. The molecule has 0 radical (unpaired) electrons. The molecule has 3 N–H and O–H groups in total. The van der Waals surface area contributed by atoms with Crippen LogP contribution in [0.25, 0.3) is 11.1 Å². The van der Waals surface area contributed by atoms with Crippen LogP contribution in [0.2, 0.25) is 0 Å².